The minimum atomic E-state index is -0.398. The van der Waals surface area contributed by atoms with Crippen LogP contribution in [0.4, 0.5) is 5.69 Å². The summed E-state index contributed by atoms with van der Waals surface area (Å²) in [6.45, 7) is 2.36. The molecule has 0 atom stereocenters. The second-order valence-electron chi connectivity index (χ2n) is 4.59. The molecule has 21 heavy (non-hydrogen) atoms. The van der Waals surface area contributed by atoms with Gasteiger partial charge in [0, 0.05) is 28.2 Å². The first-order chi connectivity index (χ1) is 10.0. The number of benzene rings is 2. The van der Waals surface area contributed by atoms with Crippen molar-refractivity contribution in [3.05, 3.63) is 62.1 Å². The number of aryl methyl sites for hydroxylation is 1. The summed E-state index contributed by atoms with van der Waals surface area (Å²) in [5.74, 6) is 1.30. The van der Waals surface area contributed by atoms with Crippen LogP contribution in [-0.4, -0.2) is 12.0 Å². The molecule has 0 bridgehead atoms. The van der Waals surface area contributed by atoms with Crippen molar-refractivity contribution in [2.75, 3.05) is 7.05 Å². The molecule has 0 radical (unpaired) electrons. The lowest BCUT2D eigenvalue weighted by atomic mass is 10.2. The molecule has 0 aliphatic heterocycles. The van der Waals surface area contributed by atoms with Crippen molar-refractivity contribution >= 4 is 21.6 Å². The molecule has 0 spiro atoms. The van der Waals surface area contributed by atoms with E-state index in [1.165, 1.54) is 6.07 Å². The maximum absolute atomic E-state index is 10.8. The van der Waals surface area contributed by atoms with Gasteiger partial charge < -0.3 is 10.1 Å². The van der Waals surface area contributed by atoms with Crippen LogP contribution in [0.25, 0.3) is 0 Å². The Hall–Kier alpha value is -1.92. The Labute approximate surface area is 131 Å². The number of hydrogen-bond donors (Lipinski definition) is 1. The van der Waals surface area contributed by atoms with Gasteiger partial charge in [-0.05, 0) is 44.3 Å². The van der Waals surface area contributed by atoms with Crippen LogP contribution in [0.5, 0.6) is 11.5 Å². The normalized spacial score (nSPS) is 10.4. The Morgan fingerprint density at radius 2 is 2.05 bits per heavy atom. The first-order valence-corrected chi connectivity index (χ1v) is 7.16. The lowest BCUT2D eigenvalue weighted by molar-refractivity contribution is -0.385. The second kappa shape index (κ2) is 6.69. The van der Waals surface area contributed by atoms with Crippen LogP contribution < -0.4 is 10.1 Å². The lowest BCUT2D eigenvalue weighted by Gasteiger charge is -2.12. The molecule has 2 aromatic carbocycles. The number of ether oxygens (including phenoxy) is 1. The second-order valence-corrected chi connectivity index (χ2v) is 5.51. The standard InChI is InChI=1S/C15H15BrN2O3/c1-10-7-13(4-5-14(10)18(19)20)21-15-6-3-12(16)8-11(15)9-17-2/h3-8,17H,9H2,1-2H3. The molecule has 1 N–H and O–H groups in total. The van der Waals surface area contributed by atoms with E-state index in [1.54, 1.807) is 19.1 Å². The Morgan fingerprint density at radius 3 is 2.67 bits per heavy atom. The van der Waals surface area contributed by atoms with Crippen molar-refractivity contribution in [2.24, 2.45) is 0 Å². The number of nitro benzene ring substituents is 1. The molecule has 0 saturated heterocycles. The van der Waals surface area contributed by atoms with E-state index >= 15 is 0 Å². The largest absolute Gasteiger partial charge is 0.457 e. The number of rotatable bonds is 5. The molecular weight excluding hydrogens is 336 g/mol. The molecule has 0 aromatic heterocycles. The zero-order chi connectivity index (χ0) is 15.4. The molecule has 110 valence electrons. The number of nitrogens with one attached hydrogen (secondary N) is 1. The number of hydrogen-bond acceptors (Lipinski definition) is 4. The summed E-state index contributed by atoms with van der Waals surface area (Å²) in [5.41, 5.74) is 1.67. The Morgan fingerprint density at radius 1 is 1.29 bits per heavy atom. The third-order valence-electron chi connectivity index (χ3n) is 2.98. The predicted octanol–water partition coefficient (Wildman–Crippen LogP) is 4.18. The summed E-state index contributed by atoms with van der Waals surface area (Å²) >= 11 is 3.43. The van der Waals surface area contributed by atoms with Crippen LogP contribution in [0.15, 0.2) is 40.9 Å². The molecule has 6 heteroatoms. The number of halogens is 1. The summed E-state index contributed by atoms with van der Waals surface area (Å²) < 4.78 is 6.82. The summed E-state index contributed by atoms with van der Waals surface area (Å²) in [4.78, 5) is 10.4. The van der Waals surface area contributed by atoms with Gasteiger partial charge in [0.2, 0.25) is 0 Å². The highest BCUT2D eigenvalue weighted by molar-refractivity contribution is 9.10. The molecule has 0 fully saturated rings. The van der Waals surface area contributed by atoms with E-state index in [4.69, 9.17) is 4.74 Å². The van der Waals surface area contributed by atoms with Gasteiger partial charge in [-0.3, -0.25) is 10.1 Å². The highest BCUT2D eigenvalue weighted by Gasteiger charge is 2.12. The quantitative estimate of drug-likeness (QED) is 0.648. The van der Waals surface area contributed by atoms with Crippen LogP contribution in [0, 0.1) is 17.0 Å². The zero-order valence-corrected chi connectivity index (χ0v) is 13.3. The van der Waals surface area contributed by atoms with Gasteiger partial charge >= 0.3 is 0 Å². The topological polar surface area (TPSA) is 64.4 Å². The maximum atomic E-state index is 10.8. The fourth-order valence-electron chi connectivity index (χ4n) is 2.00. The summed E-state index contributed by atoms with van der Waals surface area (Å²) in [6.07, 6.45) is 0. The van der Waals surface area contributed by atoms with Gasteiger partial charge in [0.15, 0.2) is 0 Å². The van der Waals surface area contributed by atoms with Gasteiger partial charge in [0.05, 0.1) is 4.92 Å². The maximum Gasteiger partial charge on any atom is 0.272 e. The third kappa shape index (κ3) is 3.80. The molecule has 5 nitrogen and oxygen atoms in total. The lowest BCUT2D eigenvalue weighted by Crippen LogP contribution is -2.06. The SMILES string of the molecule is CNCc1cc(Br)ccc1Oc1ccc([N+](=O)[O-])c(C)c1. The van der Waals surface area contributed by atoms with Crippen LogP contribution >= 0.6 is 15.9 Å². The van der Waals surface area contributed by atoms with E-state index in [-0.39, 0.29) is 5.69 Å². The molecule has 0 unspecified atom stereocenters. The van der Waals surface area contributed by atoms with E-state index in [9.17, 15) is 10.1 Å². The molecule has 0 amide bonds. The van der Waals surface area contributed by atoms with Crippen molar-refractivity contribution in [1.29, 1.82) is 0 Å². The van der Waals surface area contributed by atoms with Crippen molar-refractivity contribution in [1.82, 2.24) is 5.32 Å². The highest BCUT2D eigenvalue weighted by atomic mass is 79.9. The van der Waals surface area contributed by atoms with Crippen molar-refractivity contribution < 1.29 is 9.66 Å². The minimum absolute atomic E-state index is 0.0913. The Bertz CT molecular complexity index is 674. The molecule has 2 rings (SSSR count). The van der Waals surface area contributed by atoms with Gasteiger partial charge in [0.1, 0.15) is 11.5 Å². The molecule has 0 heterocycles. The average Bonchev–Trinajstić information content (AvgIpc) is 2.42. The van der Waals surface area contributed by atoms with E-state index in [1.807, 2.05) is 25.2 Å². The van der Waals surface area contributed by atoms with Crippen LogP contribution in [0.2, 0.25) is 0 Å². The van der Waals surface area contributed by atoms with Gasteiger partial charge in [-0.1, -0.05) is 15.9 Å². The highest BCUT2D eigenvalue weighted by Crippen LogP contribution is 2.30. The smallest absolute Gasteiger partial charge is 0.272 e. The van der Waals surface area contributed by atoms with Crippen LogP contribution in [0.3, 0.4) is 0 Å². The summed E-state index contributed by atoms with van der Waals surface area (Å²) in [5, 5.41) is 13.9. The Balaban J connectivity index is 2.30. The van der Waals surface area contributed by atoms with Gasteiger partial charge in [-0.25, -0.2) is 0 Å². The first-order valence-electron chi connectivity index (χ1n) is 6.37. The number of nitrogens with zero attached hydrogens (tertiary/aromatic N) is 1. The third-order valence-corrected chi connectivity index (χ3v) is 3.48. The van der Waals surface area contributed by atoms with Crippen molar-refractivity contribution in [2.45, 2.75) is 13.5 Å². The van der Waals surface area contributed by atoms with Gasteiger partial charge in [0.25, 0.3) is 5.69 Å². The van der Waals surface area contributed by atoms with Crippen molar-refractivity contribution in [3.8, 4) is 11.5 Å². The molecule has 0 aliphatic carbocycles. The van der Waals surface area contributed by atoms with E-state index < -0.39 is 4.92 Å². The fraction of sp³-hybridized carbons (Fsp3) is 0.200. The molecule has 0 saturated carbocycles. The van der Waals surface area contributed by atoms with E-state index in [0.29, 0.717) is 17.9 Å². The predicted molar refractivity (Wildman–Crippen MR) is 84.8 cm³/mol. The molecule has 0 aliphatic rings. The van der Waals surface area contributed by atoms with Gasteiger partial charge in [-0.2, -0.15) is 0 Å². The Kier molecular flexibility index (Phi) is 4.93. The van der Waals surface area contributed by atoms with Crippen LogP contribution in [-0.2, 0) is 6.54 Å². The van der Waals surface area contributed by atoms with E-state index in [2.05, 4.69) is 21.2 Å². The van der Waals surface area contributed by atoms with Gasteiger partial charge in [-0.15, -0.1) is 0 Å². The molecular formula is C15H15BrN2O3. The van der Waals surface area contributed by atoms with Crippen LogP contribution in [0.1, 0.15) is 11.1 Å². The zero-order valence-electron chi connectivity index (χ0n) is 11.7. The summed E-state index contributed by atoms with van der Waals surface area (Å²) in [6, 6.07) is 10.5. The summed E-state index contributed by atoms with van der Waals surface area (Å²) in [7, 11) is 1.86. The van der Waals surface area contributed by atoms with E-state index in [0.717, 1.165) is 15.8 Å². The monoisotopic (exact) mass is 350 g/mol. The van der Waals surface area contributed by atoms with Crippen molar-refractivity contribution in [3.63, 3.8) is 0 Å². The first kappa shape index (κ1) is 15.5. The average molecular weight is 351 g/mol. The fourth-order valence-corrected chi connectivity index (χ4v) is 2.41. The number of nitro groups is 1. The minimum Gasteiger partial charge on any atom is -0.457 e. The molecule has 2 aromatic rings.